The van der Waals surface area contributed by atoms with Crippen molar-refractivity contribution in [2.45, 2.75) is 33.7 Å². The number of pyridine rings is 2. The average Bonchev–Trinajstić information content (AvgIpc) is 2.75. The van der Waals surface area contributed by atoms with E-state index < -0.39 is 0 Å². The zero-order valence-corrected chi connectivity index (χ0v) is 17.7. The summed E-state index contributed by atoms with van der Waals surface area (Å²) in [6.07, 6.45) is 3.49. The molecule has 1 unspecified atom stereocenters. The van der Waals surface area contributed by atoms with Crippen LogP contribution in [0.25, 0.3) is 22.2 Å². The number of rotatable bonds is 4. The lowest BCUT2D eigenvalue weighted by atomic mass is 10.00. The van der Waals surface area contributed by atoms with E-state index in [1.165, 1.54) is 11.1 Å². The number of nitrogens with zero attached hydrogens (tertiary/aromatic N) is 2. The second-order valence-electron chi connectivity index (χ2n) is 7.86. The van der Waals surface area contributed by atoms with E-state index in [4.69, 9.17) is 4.98 Å². The largest absolute Gasteiger partial charge is 0.345 e. The average molecular weight is 396 g/mol. The fourth-order valence-corrected chi connectivity index (χ4v) is 3.58. The number of carbonyl (C=O) groups is 1. The Morgan fingerprint density at radius 3 is 2.53 bits per heavy atom. The highest BCUT2D eigenvalue weighted by molar-refractivity contribution is 6.07. The monoisotopic (exact) mass is 395 g/mol. The maximum absolute atomic E-state index is 13.3. The molecule has 150 valence electrons. The summed E-state index contributed by atoms with van der Waals surface area (Å²) >= 11 is 0. The molecule has 0 bridgehead atoms. The molecule has 4 rings (SSSR count). The van der Waals surface area contributed by atoms with Crippen LogP contribution in [-0.2, 0) is 0 Å². The van der Waals surface area contributed by atoms with Gasteiger partial charge in [0.1, 0.15) is 0 Å². The van der Waals surface area contributed by atoms with Crippen LogP contribution in [0.3, 0.4) is 0 Å². The summed E-state index contributed by atoms with van der Waals surface area (Å²) in [4.78, 5) is 22.3. The van der Waals surface area contributed by atoms with Gasteiger partial charge in [-0.05, 0) is 74.7 Å². The van der Waals surface area contributed by atoms with E-state index in [2.05, 4.69) is 42.3 Å². The number of aromatic nitrogens is 2. The third kappa shape index (κ3) is 3.94. The summed E-state index contributed by atoms with van der Waals surface area (Å²) < 4.78 is 0. The summed E-state index contributed by atoms with van der Waals surface area (Å²) in [5.74, 6) is -0.108. The van der Waals surface area contributed by atoms with E-state index in [1.54, 1.807) is 12.4 Å². The van der Waals surface area contributed by atoms with Crippen LogP contribution in [0.5, 0.6) is 0 Å². The first-order valence-electron chi connectivity index (χ1n) is 10.1. The summed E-state index contributed by atoms with van der Waals surface area (Å²) in [6, 6.07) is 17.9. The lowest BCUT2D eigenvalue weighted by molar-refractivity contribution is 0.0941. The first kappa shape index (κ1) is 19.8. The zero-order chi connectivity index (χ0) is 21.3. The molecule has 0 aliphatic heterocycles. The van der Waals surface area contributed by atoms with Gasteiger partial charge in [0, 0.05) is 23.3 Å². The van der Waals surface area contributed by atoms with Crippen LogP contribution in [0, 0.1) is 20.8 Å². The van der Waals surface area contributed by atoms with Crippen molar-refractivity contribution in [3.8, 4) is 11.3 Å². The van der Waals surface area contributed by atoms with Gasteiger partial charge in [-0.2, -0.15) is 0 Å². The predicted octanol–water partition coefficient (Wildman–Crippen LogP) is 5.71. The van der Waals surface area contributed by atoms with Gasteiger partial charge < -0.3 is 5.32 Å². The van der Waals surface area contributed by atoms with Crippen molar-refractivity contribution in [3.05, 3.63) is 94.8 Å². The maximum atomic E-state index is 13.3. The van der Waals surface area contributed by atoms with Crippen molar-refractivity contribution in [2.75, 3.05) is 0 Å². The fourth-order valence-electron chi connectivity index (χ4n) is 3.58. The molecule has 4 heteroatoms. The Morgan fingerprint density at radius 2 is 1.80 bits per heavy atom. The second-order valence-corrected chi connectivity index (χ2v) is 7.86. The minimum Gasteiger partial charge on any atom is -0.345 e. The molecule has 4 nitrogen and oxygen atoms in total. The normalized spacial score (nSPS) is 12.0. The van der Waals surface area contributed by atoms with E-state index in [0.717, 1.165) is 33.3 Å². The molecule has 0 radical (unpaired) electrons. The zero-order valence-electron chi connectivity index (χ0n) is 17.7. The van der Waals surface area contributed by atoms with Crippen LogP contribution in [0.1, 0.15) is 45.6 Å². The predicted molar refractivity (Wildman–Crippen MR) is 122 cm³/mol. The molecule has 0 fully saturated rings. The minimum atomic E-state index is -0.108. The van der Waals surface area contributed by atoms with Crippen molar-refractivity contribution >= 4 is 16.8 Å². The molecule has 1 N–H and O–H groups in total. The van der Waals surface area contributed by atoms with Crippen molar-refractivity contribution in [1.82, 2.24) is 15.3 Å². The number of nitrogens with one attached hydrogen (secondary N) is 1. The molecular weight excluding hydrogens is 370 g/mol. The lowest BCUT2D eigenvalue weighted by Crippen LogP contribution is -2.27. The van der Waals surface area contributed by atoms with E-state index >= 15 is 0 Å². The Balaban J connectivity index is 1.75. The SMILES string of the molecule is Cc1ccc2nc(-c3cccnc3)cc(C(=O)NC(C)c3ccc(C)c(C)c3)c2c1. The molecule has 2 aromatic heterocycles. The maximum Gasteiger partial charge on any atom is 0.252 e. The Hall–Kier alpha value is -3.53. The first-order valence-corrected chi connectivity index (χ1v) is 10.1. The Kier molecular flexibility index (Phi) is 5.32. The van der Waals surface area contributed by atoms with Crippen LogP contribution >= 0.6 is 0 Å². The van der Waals surface area contributed by atoms with Gasteiger partial charge in [-0.1, -0.05) is 29.8 Å². The number of hydrogen-bond donors (Lipinski definition) is 1. The second kappa shape index (κ2) is 8.07. The van der Waals surface area contributed by atoms with Gasteiger partial charge in [-0.25, -0.2) is 4.98 Å². The summed E-state index contributed by atoms with van der Waals surface area (Å²) in [5, 5.41) is 4.02. The van der Waals surface area contributed by atoms with Gasteiger partial charge in [-0.15, -0.1) is 0 Å². The van der Waals surface area contributed by atoms with Crippen LogP contribution in [0.4, 0.5) is 0 Å². The highest BCUT2D eigenvalue weighted by Crippen LogP contribution is 2.26. The van der Waals surface area contributed by atoms with Crippen molar-refractivity contribution in [1.29, 1.82) is 0 Å². The Morgan fingerprint density at radius 1 is 0.967 bits per heavy atom. The van der Waals surface area contributed by atoms with Gasteiger partial charge in [-0.3, -0.25) is 9.78 Å². The Labute approximate surface area is 177 Å². The van der Waals surface area contributed by atoms with Gasteiger partial charge in [0.2, 0.25) is 0 Å². The highest BCUT2D eigenvalue weighted by Gasteiger charge is 2.17. The van der Waals surface area contributed by atoms with Crippen molar-refractivity contribution < 1.29 is 4.79 Å². The van der Waals surface area contributed by atoms with E-state index in [9.17, 15) is 4.79 Å². The van der Waals surface area contributed by atoms with E-state index in [0.29, 0.717) is 5.56 Å². The Bertz CT molecular complexity index is 1230. The molecule has 0 saturated heterocycles. The van der Waals surface area contributed by atoms with Gasteiger partial charge in [0.15, 0.2) is 0 Å². The van der Waals surface area contributed by atoms with Crippen LogP contribution < -0.4 is 5.32 Å². The smallest absolute Gasteiger partial charge is 0.252 e. The molecule has 0 spiro atoms. The summed E-state index contributed by atoms with van der Waals surface area (Å²) in [7, 11) is 0. The van der Waals surface area contributed by atoms with E-state index in [-0.39, 0.29) is 11.9 Å². The first-order chi connectivity index (χ1) is 14.4. The topological polar surface area (TPSA) is 54.9 Å². The van der Waals surface area contributed by atoms with Crippen LogP contribution in [0.15, 0.2) is 67.0 Å². The third-order valence-corrected chi connectivity index (χ3v) is 5.54. The summed E-state index contributed by atoms with van der Waals surface area (Å²) in [6.45, 7) is 8.22. The van der Waals surface area contributed by atoms with Gasteiger partial charge >= 0.3 is 0 Å². The van der Waals surface area contributed by atoms with Gasteiger partial charge in [0.05, 0.1) is 22.8 Å². The molecule has 2 aromatic carbocycles. The standard InChI is InChI=1S/C26H25N3O/c1-16-7-10-24-22(12-16)23(14-25(29-24)21-6-5-11-27-15-21)26(30)28-19(4)20-9-8-17(2)18(3)13-20/h5-15,19H,1-4H3,(H,28,30). The molecule has 0 aliphatic carbocycles. The number of benzene rings is 2. The molecule has 0 aliphatic rings. The number of aryl methyl sites for hydroxylation is 3. The third-order valence-electron chi connectivity index (χ3n) is 5.54. The molecule has 0 saturated carbocycles. The lowest BCUT2D eigenvalue weighted by Gasteiger charge is -2.17. The quantitative estimate of drug-likeness (QED) is 0.481. The van der Waals surface area contributed by atoms with Crippen molar-refractivity contribution in [2.24, 2.45) is 0 Å². The molecule has 4 aromatic rings. The van der Waals surface area contributed by atoms with Crippen LogP contribution in [0.2, 0.25) is 0 Å². The minimum absolute atomic E-state index is 0.105. The number of amides is 1. The van der Waals surface area contributed by atoms with E-state index in [1.807, 2.05) is 50.2 Å². The van der Waals surface area contributed by atoms with Crippen LogP contribution in [-0.4, -0.2) is 15.9 Å². The molecule has 30 heavy (non-hydrogen) atoms. The summed E-state index contributed by atoms with van der Waals surface area (Å²) in [5.41, 5.74) is 7.69. The van der Waals surface area contributed by atoms with Crippen molar-refractivity contribution in [3.63, 3.8) is 0 Å². The number of fused-ring (bicyclic) bond motifs is 1. The number of carbonyl (C=O) groups excluding carboxylic acids is 1. The molecule has 1 amide bonds. The fraction of sp³-hybridized carbons (Fsp3) is 0.192. The van der Waals surface area contributed by atoms with Gasteiger partial charge in [0.25, 0.3) is 5.91 Å². The molecule has 2 heterocycles. The number of hydrogen-bond acceptors (Lipinski definition) is 3. The molecule has 1 atom stereocenters. The molecular formula is C26H25N3O. The highest BCUT2D eigenvalue weighted by atomic mass is 16.1.